The van der Waals surface area contributed by atoms with Gasteiger partial charge in [-0.3, -0.25) is 4.79 Å². The average Bonchev–Trinajstić information content (AvgIpc) is 2.57. The van der Waals surface area contributed by atoms with Crippen LogP contribution in [0.15, 0.2) is 30.3 Å². The predicted octanol–water partition coefficient (Wildman–Crippen LogP) is 3.02. The van der Waals surface area contributed by atoms with Crippen LogP contribution in [0.25, 0.3) is 0 Å². The number of urea groups is 1. The van der Waals surface area contributed by atoms with E-state index in [1.165, 1.54) is 0 Å². The third-order valence-electron chi connectivity index (χ3n) is 3.98. The molecule has 0 saturated carbocycles. The average molecular weight is 377 g/mol. The number of carbonyl (C=O) groups is 3. The molecule has 1 atom stereocenters. The minimum Gasteiger partial charge on any atom is -0.454 e. The number of para-hydroxylation sites is 1. The van der Waals surface area contributed by atoms with Crippen molar-refractivity contribution in [3.05, 3.63) is 30.3 Å². The highest BCUT2D eigenvalue weighted by Crippen LogP contribution is 2.09. The molecule has 1 rings (SSSR count). The molecule has 0 saturated heterocycles. The second-order valence-electron chi connectivity index (χ2n) is 7.28. The van der Waals surface area contributed by atoms with Crippen LogP contribution in [-0.4, -0.2) is 47.5 Å². The summed E-state index contributed by atoms with van der Waals surface area (Å²) in [7, 11) is 0. The lowest BCUT2D eigenvalue weighted by Gasteiger charge is -2.30. The van der Waals surface area contributed by atoms with Crippen LogP contribution < -0.4 is 10.6 Å². The van der Waals surface area contributed by atoms with E-state index in [9.17, 15) is 14.4 Å². The van der Waals surface area contributed by atoms with Crippen molar-refractivity contribution >= 4 is 23.6 Å². The standard InChI is InChI=1S/C20H31N3O4/c1-13(2)18(22-20(26)21-16-10-8-7-9-11-16)19(25)27-12-17(24)23(14(3)4)15(5)6/h7-11,13-15,18H,12H2,1-6H3,(H2,21,22,26)/t18-/m1/s1. The molecule has 0 aliphatic carbocycles. The lowest BCUT2D eigenvalue weighted by atomic mass is 10.1. The molecule has 0 unspecified atom stereocenters. The first-order valence-electron chi connectivity index (χ1n) is 9.23. The summed E-state index contributed by atoms with van der Waals surface area (Å²) in [4.78, 5) is 38.6. The van der Waals surface area contributed by atoms with E-state index in [1.54, 1.807) is 43.0 Å². The van der Waals surface area contributed by atoms with Gasteiger partial charge < -0.3 is 20.3 Å². The van der Waals surface area contributed by atoms with E-state index < -0.39 is 18.0 Å². The lowest BCUT2D eigenvalue weighted by molar-refractivity contribution is -0.155. The fraction of sp³-hybridized carbons (Fsp3) is 0.550. The molecule has 27 heavy (non-hydrogen) atoms. The van der Waals surface area contributed by atoms with Crippen molar-refractivity contribution < 1.29 is 19.1 Å². The van der Waals surface area contributed by atoms with E-state index in [0.29, 0.717) is 5.69 Å². The molecule has 0 fully saturated rings. The zero-order valence-electron chi connectivity index (χ0n) is 17.0. The van der Waals surface area contributed by atoms with Gasteiger partial charge in [0.05, 0.1) is 0 Å². The van der Waals surface area contributed by atoms with Gasteiger partial charge in [0.15, 0.2) is 6.61 Å². The summed E-state index contributed by atoms with van der Waals surface area (Å²) < 4.78 is 5.19. The molecule has 2 N–H and O–H groups in total. The van der Waals surface area contributed by atoms with Crippen molar-refractivity contribution in [1.29, 1.82) is 0 Å². The van der Waals surface area contributed by atoms with E-state index in [4.69, 9.17) is 4.74 Å². The topological polar surface area (TPSA) is 87.7 Å². The number of nitrogens with one attached hydrogen (secondary N) is 2. The minimum atomic E-state index is -0.854. The SMILES string of the molecule is CC(C)[C@@H](NC(=O)Nc1ccccc1)C(=O)OCC(=O)N(C(C)C)C(C)C. The van der Waals surface area contributed by atoms with E-state index in [2.05, 4.69) is 10.6 Å². The Morgan fingerprint density at radius 2 is 1.52 bits per heavy atom. The summed E-state index contributed by atoms with van der Waals surface area (Å²) in [5, 5.41) is 5.28. The molecule has 1 aromatic rings. The summed E-state index contributed by atoms with van der Waals surface area (Å²) >= 11 is 0. The van der Waals surface area contributed by atoms with E-state index >= 15 is 0 Å². The largest absolute Gasteiger partial charge is 0.454 e. The van der Waals surface area contributed by atoms with Gasteiger partial charge in [-0.05, 0) is 45.7 Å². The van der Waals surface area contributed by atoms with Crippen LogP contribution in [0, 0.1) is 5.92 Å². The molecule has 0 heterocycles. The Morgan fingerprint density at radius 3 is 2.00 bits per heavy atom. The van der Waals surface area contributed by atoms with Crippen molar-refractivity contribution in [2.24, 2.45) is 5.92 Å². The van der Waals surface area contributed by atoms with Crippen molar-refractivity contribution in [3.8, 4) is 0 Å². The first-order chi connectivity index (χ1) is 12.6. The van der Waals surface area contributed by atoms with Crippen molar-refractivity contribution in [2.45, 2.75) is 59.7 Å². The van der Waals surface area contributed by atoms with Crippen LogP contribution in [0.5, 0.6) is 0 Å². The Labute approximate surface area is 161 Å². The number of ether oxygens (including phenoxy) is 1. The molecule has 0 spiro atoms. The first-order valence-corrected chi connectivity index (χ1v) is 9.23. The highest BCUT2D eigenvalue weighted by atomic mass is 16.5. The highest BCUT2D eigenvalue weighted by Gasteiger charge is 2.28. The summed E-state index contributed by atoms with van der Waals surface area (Å²) in [6, 6.07) is 7.57. The Balaban J connectivity index is 2.65. The number of amides is 3. The molecule has 7 nitrogen and oxygen atoms in total. The van der Waals surface area contributed by atoms with Crippen molar-refractivity contribution in [2.75, 3.05) is 11.9 Å². The van der Waals surface area contributed by atoms with Crippen molar-refractivity contribution in [3.63, 3.8) is 0 Å². The van der Waals surface area contributed by atoms with Gasteiger partial charge in [0.2, 0.25) is 0 Å². The molecule has 1 aromatic carbocycles. The maximum atomic E-state index is 12.4. The van der Waals surface area contributed by atoms with Crippen LogP contribution in [0.4, 0.5) is 10.5 Å². The molecule has 0 aliphatic heterocycles. The molecule has 0 radical (unpaired) electrons. The minimum absolute atomic E-state index is 0.00636. The van der Waals surface area contributed by atoms with E-state index in [0.717, 1.165) is 0 Å². The maximum Gasteiger partial charge on any atom is 0.329 e. The Hall–Kier alpha value is -2.57. The molecule has 0 aliphatic rings. The Bertz CT molecular complexity index is 621. The number of anilines is 1. The molecular weight excluding hydrogens is 346 g/mol. The van der Waals surface area contributed by atoms with Gasteiger partial charge >= 0.3 is 12.0 Å². The van der Waals surface area contributed by atoms with Gasteiger partial charge in [-0.25, -0.2) is 9.59 Å². The van der Waals surface area contributed by atoms with Gasteiger partial charge in [0.1, 0.15) is 6.04 Å². The fourth-order valence-electron chi connectivity index (χ4n) is 2.80. The number of esters is 1. The van der Waals surface area contributed by atoms with Crippen LogP contribution in [-0.2, 0) is 14.3 Å². The summed E-state index contributed by atoms with van der Waals surface area (Å²) in [6.45, 7) is 10.9. The summed E-state index contributed by atoms with van der Waals surface area (Å²) in [5.74, 6) is -1.08. The number of nitrogens with zero attached hydrogens (tertiary/aromatic N) is 1. The maximum absolute atomic E-state index is 12.4. The van der Waals surface area contributed by atoms with E-state index in [-0.39, 0.29) is 30.5 Å². The summed E-state index contributed by atoms with van der Waals surface area (Å²) in [6.07, 6.45) is 0. The molecule has 0 aromatic heterocycles. The van der Waals surface area contributed by atoms with E-state index in [1.807, 2.05) is 33.8 Å². The Morgan fingerprint density at radius 1 is 0.963 bits per heavy atom. The third kappa shape index (κ3) is 7.29. The second-order valence-corrected chi connectivity index (χ2v) is 7.28. The quantitative estimate of drug-likeness (QED) is 0.682. The highest BCUT2D eigenvalue weighted by molar-refractivity contribution is 5.93. The molecule has 0 bridgehead atoms. The number of rotatable bonds is 8. The van der Waals surface area contributed by atoms with Crippen LogP contribution in [0.2, 0.25) is 0 Å². The number of carbonyl (C=O) groups excluding carboxylic acids is 3. The predicted molar refractivity (Wildman–Crippen MR) is 105 cm³/mol. The van der Waals surface area contributed by atoms with Gasteiger partial charge in [0.25, 0.3) is 5.91 Å². The molecule has 150 valence electrons. The van der Waals surface area contributed by atoms with Gasteiger partial charge in [-0.15, -0.1) is 0 Å². The second kappa shape index (κ2) is 10.5. The van der Waals surface area contributed by atoms with Crippen LogP contribution in [0.1, 0.15) is 41.5 Å². The normalized spacial score (nSPS) is 12.0. The smallest absolute Gasteiger partial charge is 0.329 e. The van der Waals surface area contributed by atoms with Crippen LogP contribution in [0.3, 0.4) is 0 Å². The number of benzene rings is 1. The Kier molecular flexibility index (Phi) is 8.78. The van der Waals surface area contributed by atoms with Gasteiger partial charge in [-0.2, -0.15) is 0 Å². The summed E-state index contributed by atoms with van der Waals surface area (Å²) in [5.41, 5.74) is 0.616. The van der Waals surface area contributed by atoms with Gasteiger partial charge in [-0.1, -0.05) is 32.0 Å². The molecule has 3 amide bonds. The number of hydrogen-bond donors (Lipinski definition) is 2. The monoisotopic (exact) mass is 377 g/mol. The van der Waals surface area contributed by atoms with Gasteiger partial charge in [0, 0.05) is 17.8 Å². The zero-order chi connectivity index (χ0) is 20.6. The fourth-order valence-corrected chi connectivity index (χ4v) is 2.80. The number of hydrogen-bond acceptors (Lipinski definition) is 4. The first kappa shape index (κ1) is 22.5. The zero-order valence-corrected chi connectivity index (χ0v) is 17.0. The van der Waals surface area contributed by atoms with Crippen molar-refractivity contribution in [1.82, 2.24) is 10.2 Å². The molecular formula is C20H31N3O4. The lowest BCUT2D eigenvalue weighted by Crippen LogP contribution is -2.49. The van der Waals surface area contributed by atoms with Crippen LogP contribution >= 0.6 is 0 Å². The molecule has 7 heteroatoms. The third-order valence-corrected chi connectivity index (χ3v) is 3.98.